The Balaban J connectivity index is 1.69. The smallest absolute Gasteiger partial charge is 0.349 e. The molecule has 3 aromatic carbocycles. The monoisotopic (exact) mass is 484 g/mol. The molecule has 2 heterocycles. The second-order valence-corrected chi connectivity index (χ2v) is 7.94. The minimum atomic E-state index is -0.734. The van der Waals surface area contributed by atoms with Gasteiger partial charge in [0, 0.05) is 10.2 Å². The van der Waals surface area contributed by atoms with Crippen molar-refractivity contribution in [2.75, 3.05) is 0 Å². The summed E-state index contributed by atoms with van der Waals surface area (Å²) in [6, 6.07) is 23.6. The summed E-state index contributed by atoms with van der Waals surface area (Å²) in [5.74, 6) is 1.52. The molecule has 8 heteroatoms. The number of fused-ring (bicyclic) bond motifs is 2. The first-order valence-electron chi connectivity index (χ1n) is 9.56. The third-order valence-corrected chi connectivity index (χ3v) is 5.50. The Morgan fingerprint density at radius 3 is 2.31 bits per heavy atom. The van der Waals surface area contributed by atoms with Gasteiger partial charge in [-0.25, -0.2) is 4.79 Å². The molecule has 2 aliphatic heterocycles. The average molecular weight is 485 g/mol. The van der Waals surface area contributed by atoms with Gasteiger partial charge in [0.1, 0.15) is 11.5 Å². The highest BCUT2D eigenvalue weighted by Crippen LogP contribution is 2.30. The molecule has 7 nitrogen and oxygen atoms in total. The number of hydrogen-bond donors (Lipinski definition) is 1. The number of ether oxygens (including phenoxy) is 1. The highest BCUT2D eigenvalue weighted by Gasteiger charge is 2.18. The summed E-state index contributed by atoms with van der Waals surface area (Å²) in [6.07, 6.45) is 0. The van der Waals surface area contributed by atoms with Crippen molar-refractivity contribution in [1.82, 2.24) is 14.5 Å². The third-order valence-electron chi connectivity index (χ3n) is 4.97. The van der Waals surface area contributed by atoms with E-state index < -0.39 is 11.2 Å². The number of H-pyrrole nitrogens is 1. The van der Waals surface area contributed by atoms with Gasteiger partial charge < -0.3 is 4.74 Å². The number of halogens is 1. The molecule has 0 radical (unpaired) electrons. The lowest BCUT2D eigenvalue weighted by molar-refractivity contribution is 0.482. The van der Waals surface area contributed by atoms with Crippen molar-refractivity contribution in [3.63, 3.8) is 0 Å². The van der Waals surface area contributed by atoms with Crippen molar-refractivity contribution in [1.29, 1.82) is 5.26 Å². The van der Waals surface area contributed by atoms with Gasteiger partial charge in [-0.05, 0) is 72.1 Å². The van der Waals surface area contributed by atoms with Crippen LogP contribution in [0.4, 0.5) is 0 Å². The van der Waals surface area contributed by atoms with E-state index in [4.69, 9.17) is 4.74 Å². The van der Waals surface area contributed by atoms with Gasteiger partial charge in [0.05, 0.1) is 22.7 Å². The molecule has 0 fully saturated rings. The van der Waals surface area contributed by atoms with Gasteiger partial charge in [0.2, 0.25) is 0 Å². The van der Waals surface area contributed by atoms with E-state index in [1.54, 1.807) is 53.1 Å². The minimum Gasteiger partial charge on any atom is -0.457 e. The summed E-state index contributed by atoms with van der Waals surface area (Å²) in [5, 5.41) is 10.1. The van der Waals surface area contributed by atoms with Crippen LogP contribution >= 0.6 is 15.9 Å². The van der Waals surface area contributed by atoms with Gasteiger partial charge >= 0.3 is 5.69 Å². The van der Waals surface area contributed by atoms with E-state index in [-0.39, 0.29) is 11.4 Å². The van der Waals surface area contributed by atoms with Crippen LogP contribution in [0.25, 0.3) is 28.0 Å². The van der Waals surface area contributed by atoms with Crippen molar-refractivity contribution >= 4 is 26.8 Å². The number of aromatic nitrogens is 3. The lowest BCUT2D eigenvalue weighted by Crippen LogP contribution is -2.27. The molecule has 3 aromatic rings. The molecule has 0 saturated heterocycles. The topological polar surface area (TPSA) is 101 Å². The van der Waals surface area contributed by atoms with Gasteiger partial charge in [0.25, 0.3) is 5.56 Å². The van der Waals surface area contributed by atoms with Gasteiger partial charge in [0.15, 0.2) is 5.82 Å². The second-order valence-electron chi connectivity index (χ2n) is 7.02. The fourth-order valence-electron chi connectivity index (χ4n) is 3.51. The normalized spacial score (nSPS) is 10.9. The quantitative estimate of drug-likeness (QED) is 0.377. The molecule has 0 atom stereocenters. The van der Waals surface area contributed by atoms with Crippen LogP contribution in [-0.4, -0.2) is 14.5 Å². The van der Waals surface area contributed by atoms with Gasteiger partial charge in [-0.2, -0.15) is 10.2 Å². The average Bonchev–Trinajstić information content (AvgIpc) is 2.80. The molecule has 0 bridgehead atoms. The van der Waals surface area contributed by atoms with Crippen molar-refractivity contribution < 1.29 is 4.74 Å². The van der Waals surface area contributed by atoms with Crippen LogP contribution in [0.1, 0.15) is 5.56 Å². The summed E-state index contributed by atoms with van der Waals surface area (Å²) in [7, 11) is 0. The van der Waals surface area contributed by atoms with Crippen molar-refractivity contribution in [3.05, 3.63) is 104 Å². The number of benzene rings is 3. The molecule has 0 amide bonds. The number of rotatable bonds is 3. The van der Waals surface area contributed by atoms with Crippen LogP contribution < -0.4 is 16.0 Å². The Kier molecular flexibility index (Phi) is 4.81. The molecular weight excluding hydrogens is 472 g/mol. The van der Waals surface area contributed by atoms with Crippen molar-refractivity contribution in [2.45, 2.75) is 0 Å². The Bertz CT molecular complexity index is 1600. The number of nitrogens with zero attached hydrogens (tertiary/aromatic N) is 3. The predicted molar refractivity (Wildman–Crippen MR) is 124 cm³/mol. The second kappa shape index (κ2) is 7.80. The van der Waals surface area contributed by atoms with E-state index in [1.807, 2.05) is 24.3 Å². The largest absolute Gasteiger partial charge is 0.457 e. The summed E-state index contributed by atoms with van der Waals surface area (Å²) >= 11 is 3.39. The Hall–Kier alpha value is -4.22. The summed E-state index contributed by atoms with van der Waals surface area (Å²) in [5.41, 5.74) is 0.786. The van der Waals surface area contributed by atoms with Crippen LogP contribution in [0.2, 0.25) is 0 Å². The van der Waals surface area contributed by atoms with E-state index in [0.29, 0.717) is 28.3 Å². The van der Waals surface area contributed by atoms with Crippen molar-refractivity contribution in [3.8, 4) is 34.6 Å². The first-order valence-corrected chi connectivity index (χ1v) is 10.3. The van der Waals surface area contributed by atoms with E-state index in [2.05, 4.69) is 32.0 Å². The fourth-order valence-corrected chi connectivity index (χ4v) is 3.78. The highest BCUT2D eigenvalue weighted by atomic mass is 79.9. The molecule has 154 valence electrons. The molecular formula is C24H13BrN4O3. The molecule has 1 N–H and O–H groups in total. The number of aromatic amines is 1. The van der Waals surface area contributed by atoms with Gasteiger partial charge in [-0.1, -0.05) is 22.0 Å². The summed E-state index contributed by atoms with van der Waals surface area (Å²) in [6.45, 7) is 0. The Labute approximate surface area is 189 Å². The molecule has 0 spiro atoms. The maximum absolute atomic E-state index is 12.4. The minimum absolute atomic E-state index is 0.211. The standard InChI is InChI=1S/C24H13BrN4O3/c25-16-3-7-18(8-4-16)32-19-9-5-17(6-10-19)29-21-11-14(13-26)1-2-15(21)12-20-22(29)27-24(31)28-23(20)30/h1-12H,(H,28,30,31). The van der Waals surface area contributed by atoms with Gasteiger partial charge in [-0.15, -0.1) is 0 Å². The Morgan fingerprint density at radius 1 is 0.938 bits per heavy atom. The van der Waals surface area contributed by atoms with Crippen LogP contribution in [0.3, 0.4) is 0 Å². The van der Waals surface area contributed by atoms with Gasteiger partial charge in [-0.3, -0.25) is 14.3 Å². The lowest BCUT2D eigenvalue weighted by Gasteiger charge is -2.18. The van der Waals surface area contributed by atoms with Crippen molar-refractivity contribution in [2.24, 2.45) is 0 Å². The van der Waals surface area contributed by atoms with Crippen LogP contribution in [-0.2, 0) is 0 Å². The number of nitrogens with one attached hydrogen (secondary N) is 1. The molecule has 0 aliphatic carbocycles. The highest BCUT2D eigenvalue weighted by molar-refractivity contribution is 9.10. The van der Waals surface area contributed by atoms with Crippen LogP contribution in [0.5, 0.6) is 11.5 Å². The number of hydrogen-bond acceptors (Lipinski definition) is 5. The first-order chi connectivity index (χ1) is 15.5. The fraction of sp³-hybridized carbons (Fsp3) is 0. The zero-order valence-electron chi connectivity index (χ0n) is 16.4. The molecule has 2 aliphatic rings. The van der Waals surface area contributed by atoms with E-state index in [1.165, 1.54) is 0 Å². The van der Waals surface area contributed by atoms with E-state index >= 15 is 0 Å². The zero-order chi connectivity index (χ0) is 22.2. The van der Waals surface area contributed by atoms with E-state index in [0.717, 1.165) is 9.86 Å². The number of nitriles is 1. The first kappa shape index (κ1) is 19.7. The molecule has 5 rings (SSSR count). The number of pyridine rings is 1. The molecule has 0 saturated carbocycles. The maximum atomic E-state index is 12.4. The summed E-state index contributed by atoms with van der Waals surface area (Å²) < 4.78 is 8.54. The molecule has 0 aromatic heterocycles. The van der Waals surface area contributed by atoms with Crippen LogP contribution in [0.15, 0.2) is 86.9 Å². The lowest BCUT2D eigenvalue weighted by atomic mass is 10.1. The summed E-state index contributed by atoms with van der Waals surface area (Å²) in [4.78, 5) is 30.7. The third kappa shape index (κ3) is 3.55. The molecule has 0 unspecified atom stereocenters. The van der Waals surface area contributed by atoms with Crippen LogP contribution in [0, 0.1) is 11.3 Å². The zero-order valence-corrected chi connectivity index (χ0v) is 18.0. The molecule has 32 heavy (non-hydrogen) atoms. The Morgan fingerprint density at radius 2 is 1.62 bits per heavy atom. The maximum Gasteiger partial charge on any atom is 0.349 e. The van der Waals surface area contributed by atoms with E-state index in [9.17, 15) is 14.9 Å². The SMILES string of the molecule is N#Cc1ccc2cc3c(=O)[nH]c(=O)nc-3n(-c3ccc(Oc4ccc(Br)cc4)cc3)c2c1. The predicted octanol–water partition coefficient (Wildman–Crippen LogP) is 4.61.